The molecule has 2 saturated heterocycles. The van der Waals surface area contributed by atoms with E-state index in [0.29, 0.717) is 37.6 Å². The Kier molecular flexibility index (Phi) is 12.1. The monoisotopic (exact) mass is 569 g/mol. The Balaban J connectivity index is 1.37. The molecule has 0 aromatic heterocycles. The van der Waals surface area contributed by atoms with Gasteiger partial charge >= 0.3 is 0 Å². The third-order valence-electron chi connectivity index (χ3n) is 7.81. The van der Waals surface area contributed by atoms with Crippen LogP contribution in [0.3, 0.4) is 0 Å². The first kappa shape index (κ1) is 31.1. The first-order valence-corrected chi connectivity index (χ1v) is 14.6. The number of carbonyl (C=O) groups excluding carboxylic acids is 2. The summed E-state index contributed by atoms with van der Waals surface area (Å²) in [6.07, 6.45) is 4.87. The van der Waals surface area contributed by atoms with Crippen molar-refractivity contribution in [3.8, 4) is 0 Å². The van der Waals surface area contributed by atoms with Crippen molar-refractivity contribution in [2.45, 2.75) is 82.5 Å². The maximum absolute atomic E-state index is 12.4. The Labute approximate surface area is 241 Å². The van der Waals surface area contributed by atoms with Crippen LogP contribution in [0, 0.1) is 0 Å². The van der Waals surface area contributed by atoms with E-state index in [0.717, 1.165) is 55.5 Å². The first-order chi connectivity index (χ1) is 20.0. The molecule has 2 aliphatic rings. The molecule has 0 spiro atoms. The van der Waals surface area contributed by atoms with E-state index in [4.69, 9.17) is 19.4 Å². The molecule has 10 nitrogen and oxygen atoms in total. The van der Waals surface area contributed by atoms with E-state index in [1.54, 1.807) is 12.6 Å². The summed E-state index contributed by atoms with van der Waals surface area (Å²) in [6, 6.07) is 15.8. The van der Waals surface area contributed by atoms with E-state index in [9.17, 15) is 14.7 Å². The van der Waals surface area contributed by atoms with Crippen molar-refractivity contribution in [1.82, 2.24) is 10.4 Å². The summed E-state index contributed by atoms with van der Waals surface area (Å²) in [5, 5.41) is 20.9. The maximum Gasteiger partial charge on any atom is 0.243 e. The van der Waals surface area contributed by atoms with Crippen LogP contribution in [0.15, 0.2) is 48.5 Å². The van der Waals surface area contributed by atoms with E-state index in [1.807, 2.05) is 48.5 Å². The van der Waals surface area contributed by atoms with Gasteiger partial charge in [0, 0.05) is 50.2 Å². The van der Waals surface area contributed by atoms with Crippen LogP contribution in [0.2, 0.25) is 0 Å². The maximum atomic E-state index is 12.4. The average molecular weight is 570 g/mol. The molecule has 2 heterocycles. The zero-order valence-corrected chi connectivity index (χ0v) is 23.8. The van der Waals surface area contributed by atoms with Crippen LogP contribution in [-0.4, -0.2) is 66.0 Å². The zero-order chi connectivity index (χ0) is 29.0. The number of hydrogen-bond donors (Lipinski definition) is 4. The van der Waals surface area contributed by atoms with Gasteiger partial charge in [-0.25, -0.2) is 5.48 Å². The summed E-state index contributed by atoms with van der Waals surface area (Å²) in [5.74, 6) is -0.499. The fourth-order valence-electron chi connectivity index (χ4n) is 5.56. The van der Waals surface area contributed by atoms with Crippen molar-refractivity contribution >= 4 is 17.5 Å². The number of benzene rings is 2. The minimum atomic E-state index is -0.555. The SMILES string of the molecule is COC[C@@H]1CCCN1C[C@H]1C[C@@H](c2ccc(CO)cc2)O[C@@H](c2ccc(NC(=O)CCCCCC(=O)NO)cc2)O1. The Morgan fingerprint density at radius 3 is 2.37 bits per heavy atom. The molecular formula is C31H43N3O7. The lowest BCUT2D eigenvalue weighted by molar-refractivity contribution is -0.253. The lowest BCUT2D eigenvalue weighted by atomic mass is 9.99. The molecule has 2 aromatic carbocycles. The van der Waals surface area contributed by atoms with Gasteiger partial charge in [-0.15, -0.1) is 0 Å². The number of ether oxygens (including phenoxy) is 3. The van der Waals surface area contributed by atoms with Gasteiger partial charge in [0.25, 0.3) is 0 Å². The van der Waals surface area contributed by atoms with Gasteiger partial charge in [0.05, 0.1) is 25.4 Å². The number of hydroxylamine groups is 1. The predicted molar refractivity (Wildman–Crippen MR) is 153 cm³/mol. The summed E-state index contributed by atoms with van der Waals surface area (Å²) in [4.78, 5) is 25.9. The highest BCUT2D eigenvalue weighted by atomic mass is 16.7. The Morgan fingerprint density at radius 2 is 1.68 bits per heavy atom. The fourth-order valence-corrected chi connectivity index (χ4v) is 5.56. The van der Waals surface area contributed by atoms with Crippen molar-refractivity contribution in [1.29, 1.82) is 0 Å². The van der Waals surface area contributed by atoms with E-state index < -0.39 is 12.2 Å². The topological polar surface area (TPSA) is 130 Å². The van der Waals surface area contributed by atoms with Crippen LogP contribution >= 0.6 is 0 Å². The molecule has 224 valence electrons. The fraction of sp³-hybridized carbons (Fsp3) is 0.548. The van der Waals surface area contributed by atoms with Gasteiger partial charge in [0.1, 0.15) is 0 Å². The number of unbranched alkanes of at least 4 members (excludes halogenated alkanes) is 2. The summed E-state index contributed by atoms with van der Waals surface area (Å²) < 4.78 is 18.4. The summed E-state index contributed by atoms with van der Waals surface area (Å²) >= 11 is 0. The first-order valence-electron chi connectivity index (χ1n) is 14.6. The number of aliphatic hydroxyl groups excluding tert-OH is 1. The molecule has 4 rings (SSSR count). The molecule has 10 heteroatoms. The van der Waals surface area contributed by atoms with Crippen LogP contribution < -0.4 is 10.8 Å². The standard InChI is InChI=1S/C31H43N3O7/c1-39-21-26-6-5-17-34(26)19-27-18-28(23-11-9-22(20-35)10-12-23)41-31(40-27)24-13-15-25(16-14-24)32-29(36)7-3-2-4-8-30(37)33-38/h9-16,26-28,31,35,38H,2-8,17-21H2,1H3,(H,32,36)(H,33,37)/t26-,27+,28-,31-/m0/s1. The van der Waals surface area contributed by atoms with Crippen LogP contribution in [0.1, 0.15) is 80.5 Å². The second-order valence-electron chi connectivity index (χ2n) is 10.9. The van der Waals surface area contributed by atoms with Crippen molar-refractivity contribution in [3.05, 3.63) is 65.2 Å². The Hall–Kier alpha value is -2.86. The molecule has 0 unspecified atom stereocenters. The summed E-state index contributed by atoms with van der Waals surface area (Å²) in [7, 11) is 1.75. The normalized spacial score (nSPS) is 22.9. The molecule has 4 N–H and O–H groups in total. The molecule has 2 fully saturated rings. The molecular weight excluding hydrogens is 526 g/mol. The van der Waals surface area contributed by atoms with Crippen molar-refractivity contribution in [2.24, 2.45) is 0 Å². The number of aliphatic hydroxyl groups is 1. The van der Waals surface area contributed by atoms with Crippen LogP contribution in [0.4, 0.5) is 5.69 Å². The highest BCUT2D eigenvalue weighted by Crippen LogP contribution is 2.39. The number of nitrogens with zero attached hydrogens (tertiary/aromatic N) is 1. The molecule has 2 aliphatic heterocycles. The lowest BCUT2D eigenvalue weighted by Gasteiger charge is -2.38. The van der Waals surface area contributed by atoms with Gasteiger partial charge in [-0.2, -0.15) is 0 Å². The third kappa shape index (κ3) is 9.32. The van der Waals surface area contributed by atoms with Gasteiger partial charge in [-0.3, -0.25) is 19.7 Å². The van der Waals surface area contributed by atoms with Crippen LogP contribution in [0.5, 0.6) is 0 Å². The quantitative estimate of drug-likeness (QED) is 0.151. The lowest BCUT2D eigenvalue weighted by Crippen LogP contribution is -2.42. The highest BCUT2D eigenvalue weighted by molar-refractivity contribution is 5.90. The van der Waals surface area contributed by atoms with Gasteiger partial charge < -0.3 is 24.6 Å². The second kappa shape index (κ2) is 16.0. The number of anilines is 1. The van der Waals surface area contributed by atoms with Gasteiger partial charge in [0.15, 0.2) is 6.29 Å². The molecule has 0 bridgehead atoms. The molecule has 0 aliphatic carbocycles. The number of amides is 2. The Bertz CT molecular complexity index is 1100. The van der Waals surface area contributed by atoms with E-state index >= 15 is 0 Å². The third-order valence-corrected chi connectivity index (χ3v) is 7.81. The van der Waals surface area contributed by atoms with Crippen LogP contribution in [0.25, 0.3) is 0 Å². The number of likely N-dealkylation sites (tertiary alicyclic amines) is 1. The highest BCUT2D eigenvalue weighted by Gasteiger charge is 2.35. The number of methoxy groups -OCH3 is 1. The molecule has 0 saturated carbocycles. The molecule has 0 radical (unpaired) electrons. The van der Waals surface area contributed by atoms with Crippen LogP contribution in [-0.2, 0) is 30.4 Å². The van der Waals surface area contributed by atoms with E-state index in [-0.39, 0.29) is 31.1 Å². The number of nitrogens with one attached hydrogen (secondary N) is 2. The smallest absolute Gasteiger partial charge is 0.243 e. The second-order valence-corrected chi connectivity index (χ2v) is 10.9. The number of carbonyl (C=O) groups is 2. The zero-order valence-electron chi connectivity index (χ0n) is 23.8. The summed E-state index contributed by atoms with van der Waals surface area (Å²) in [5.41, 5.74) is 5.10. The minimum Gasteiger partial charge on any atom is -0.392 e. The van der Waals surface area contributed by atoms with Gasteiger partial charge in [-0.05, 0) is 55.5 Å². The van der Waals surface area contributed by atoms with E-state index in [1.165, 1.54) is 0 Å². The minimum absolute atomic E-state index is 0.00223. The predicted octanol–water partition coefficient (Wildman–Crippen LogP) is 4.23. The number of rotatable bonds is 14. The number of hydrogen-bond acceptors (Lipinski definition) is 8. The average Bonchev–Trinajstić information content (AvgIpc) is 3.43. The van der Waals surface area contributed by atoms with E-state index in [2.05, 4.69) is 10.2 Å². The largest absolute Gasteiger partial charge is 0.392 e. The van der Waals surface area contributed by atoms with Crippen molar-refractivity contribution < 1.29 is 34.1 Å². The molecule has 2 aromatic rings. The van der Waals surface area contributed by atoms with Crippen molar-refractivity contribution in [2.75, 3.05) is 32.1 Å². The summed E-state index contributed by atoms with van der Waals surface area (Å²) in [6.45, 7) is 2.55. The molecule has 2 amide bonds. The molecule has 41 heavy (non-hydrogen) atoms. The van der Waals surface area contributed by atoms with Gasteiger partial charge in [0.2, 0.25) is 11.8 Å². The Morgan fingerprint density at radius 1 is 0.976 bits per heavy atom. The molecule has 4 atom stereocenters. The van der Waals surface area contributed by atoms with Crippen molar-refractivity contribution in [3.63, 3.8) is 0 Å². The van der Waals surface area contributed by atoms with Gasteiger partial charge in [-0.1, -0.05) is 42.8 Å².